The molecule has 0 aliphatic rings. The van der Waals surface area contributed by atoms with Gasteiger partial charge in [0.15, 0.2) is 12.2 Å². The van der Waals surface area contributed by atoms with E-state index in [1.807, 2.05) is 30.7 Å². The highest BCUT2D eigenvalue weighted by Crippen LogP contribution is 2.23. The molecule has 0 bridgehead atoms. The van der Waals surface area contributed by atoms with E-state index in [1.165, 1.54) is 0 Å². The first-order valence-electron chi connectivity index (χ1n) is 9.60. The molecule has 11 nitrogen and oxygen atoms in total. The molecule has 0 aliphatic heterocycles. The average Bonchev–Trinajstić information content (AvgIpc) is 3.18. The van der Waals surface area contributed by atoms with Crippen molar-refractivity contribution in [2.45, 2.75) is 31.1 Å². The Balaban J connectivity index is 0.000000433. The lowest BCUT2D eigenvalue weighted by molar-refractivity contribution is -0.165. The molecule has 3 atom stereocenters. The summed E-state index contributed by atoms with van der Waals surface area (Å²) in [5.74, 6) is -1.88. The van der Waals surface area contributed by atoms with Crippen LogP contribution in [0.2, 0.25) is 0 Å². The van der Waals surface area contributed by atoms with Gasteiger partial charge in [-0.1, -0.05) is 0 Å². The molecule has 2 rings (SSSR count). The first kappa shape index (κ1) is 27.2. The van der Waals surface area contributed by atoms with Crippen LogP contribution in [0.15, 0.2) is 24.4 Å². The number of hydrogen-bond donors (Lipinski definition) is 7. The number of carboxylic acids is 2. The molecule has 1 aromatic carbocycles. The number of aliphatic hydroxyl groups excluding tert-OH is 2. The third kappa shape index (κ3) is 8.38. The van der Waals surface area contributed by atoms with Crippen LogP contribution in [0.1, 0.15) is 12.0 Å². The Labute approximate surface area is 188 Å². The Bertz CT molecular complexity index is 886. The highest BCUT2D eigenvalue weighted by atomic mass is 32.2. The van der Waals surface area contributed by atoms with Crippen LogP contribution in [0.5, 0.6) is 5.75 Å². The molecule has 2 aromatic rings. The molecule has 32 heavy (non-hydrogen) atoms. The average molecular weight is 472 g/mol. The normalized spacial score (nSPS) is 13.4. The van der Waals surface area contributed by atoms with Crippen LogP contribution in [0.4, 0.5) is 0 Å². The van der Waals surface area contributed by atoms with Gasteiger partial charge in [0.1, 0.15) is 5.75 Å². The summed E-state index contributed by atoms with van der Waals surface area (Å²) in [6.45, 7) is 0.579. The number of carbonyl (C=O) groups excluding carboxylic acids is 1. The number of carboxylic acid groups (broad SMARTS) is 2. The van der Waals surface area contributed by atoms with Gasteiger partial charge in [-0.2, -0.15) is 11.8 Å². The molecule has 178 valence electrons. The summed E-state index contributed by atoms with van der Waals surface area (Å²) in [6, 6.07) is 5.51. The van der Waals surface area contributed by atoms with Gasteiger partial charge in [-0.05, 0) is 48.6 Å². The minimum absolute atomic E-state index is 0.0773. The number of nitrogens with two attached hydrogens (primary N) is 1. The number of aromatic amines is 1. The molecule has 0 radical (unpaired) electrons. The van der Waals surface area contributed by atoms with E-state index in [9.17, 15) is 14.4 Å². The molecular weight excluding hydrogens is 442 g/mol. The third-order valence-corrected chi connectivity index (χ3v) is 5.09. The number of amides is 1. The molecule has 1 amide bonds. The van der Waals surface area contributed by atoms with Crippen molar-refractivity contribution in [1.29, 1.82) is 0 Å². The third-order valence-electron chi connectivity index (χ3n) is 4.44. The number of hydrogen-bond acceptors (Lipinski definition) is 8. The number of ether oxygens (including phenoxy) is 1. The summed E-state index contributed by atoms with van der Waals surface area (Å²) in [6.07, 6.45) is 0.917. The minimum atomic E-state index is -2.27. The number of rotatable bonds is 11. The Morgan fingerprint density at radius 1 is 1.19 bits per heavy atom. The van der Waals surface area contributed by atoms with Crippen LogP contribution in [0.3, 0.4) is 0 Å². The van der Waals surface area contributed by atoms with Gasteiger partial charge in [0.05, 0.1) is 13.2 Å². The van der Waals surface area contributed by atoms with Crippen molar-refractivity contribution in [3.63, 3.8) is 0 Å². The molecule has 0 saturated heterocycles. The number of aromatic nitrogens is 1. The van der Waals surface area contributed by atoms with Crippen molar-refractivity contribution >= 4 is 40.5 Å². The fourth-order valence-electron chi connectivity index (χ4n) is 2.59. The summed E-state index contributed by atoms with van der Waals surface area (Å²) in [4.78, 5) is 34.6. The first-order chi connectivity index (χ1) is 15.1. The number of methoxy groups -OCH3 is 1. The number of H-pyrrole nitrogens is 1. The molecule has 0 aliphatic carbocycles. The van der Waals surface area contributed by atoms with E-state index in [-0.39, 0.29) is 5.91 Å². The quantitative estimate of drug-likeness (QED) is 0.230. The van der Waals surface area contributed by atoms with E-state index in [2.05, 4.69) is 10.3 Å². The molecule has 12 heteroatoms. The Kier molecular flexibility index (Phi) is 11.6. The summed E-state index contributed by atoms with van der Waals surface area (Å²) >= 11 is 1.70. The molecule has 0 fully saturated rings. The largest absolute Gasteiger partial charge is 0.497 e. The summed E-state index contributed by atoms with van der Waals surface area (Å²) in [5.41, 5.74) is 8.07. The topological polar surface area (TPSA) is 195 Å². The highest BCUT2D eigenvalue weighted by molar-refractivity contribution is 7.98. The molecule has 0 saturated carbocycles. The number of thioether (sulfide) groups is 1. The van der Waals surface area contributed by atoms with Crippen LogP contribution < -0.4 is 15.8 Å². The SMILES string of the molecule is COc1ccc2[nH]cc(CCNC(=O)C(N)CCSC)c2c1.O=C(O)[C@H](O)[C@@H](O)C(=O)O. The van der Waals surface area contributed by atoms with E-state index in [1.54, 1.807) is 18.9 Å². The van der Waals surface area contributed by atoms with E-state index < -0.39 is 30.2 Å². The van der Waals surface area contributed by atoms with E-state index in [0.29, 0.717) is 13.0 Å². The van der Waals surface area contributed by atoms with Crippen LogP contribution in [0, 0.1) is 0 Å². The van der Waals surface area contributed by atoms with Crippen molar-refractivity contribution in [3.8, 4) is 5.75 Å². The molecule has 1 unspecified atom stereocenters. The van der Waals surface area contributed by atoms with Gasteiger partial charge in [-0.3, -0.25) is 4.79 Å². The number of aliphatic hydroxyl groups is 2. The second-order valence-corrected chi connectivity index (χ2v) is 7.71. The zero-order chi connectivity index (χ0) is 24.3. The van der Waals surface area contributed by atoms with E-state index in [4.69, 9.17) is 30.9 Å². The Morgan fingerprint density at radius 3 is 2.34 bits per heavy atom. The maximum Gasteiger partial charge on any atom is 0.335 e. The molecule has 1 aromatic heterocycles. The van der Waals surface area contributed by atoms with Gasteiger partial charge in [-0.15, -0.1) is 0 Å². The second-order valence-electron chi connectivity index (χ2n) is 6.72. The van der Waals surface area contributed by atoms with Gasteiger partial charge in [0, 0.05) is 23.6 Å². The maximum atomic E-state index is 11.9. The van der Waals surface area contributed by atoms with Gasteiger partial charge >= 0.3 is 11.9 Å². The molecule has 1 heterocycles. The molecule has 8 N–H and O–H groups in total. The van der Waals surface area contributed by atoms with Crippen LogP contribution >= 0.6 is 11.8 Å². The van der Waals surface area contributed by atoms with Crippen molar-refractivity contribution in [2.75, 3.05) is 25.7 Å². The first-order valence-corrected chi connectivity index (χ1v) is 11.0. The van der Waals surface area contributed by atoms with Crippen molar-refractivity contribution < 1.29 is 39.5 Å². The number of benzene rings is 1. The maximum absolute atomic E-state index is 11.9. The van der Waals surface area contributed by atoms with Crippen molar-refractivity contribution in [3.05, 3.63) is 30.0 Å². The van der Waals surface area contributed by atoms with Gasteiger partial charge in [0.25, 0.3) is 0 Å². The lowest BCUT2D eigenvalue weighted by atomic mass is 10.1. The highest BCUT2D eigenvalue weighted by Gasteiger charge is 2.29. The summed E-state index contributed by atoms with van der Waals surface area (Å²) in [5, 5.41) is 36.6. The predicted octanol–water partition coefficient (Wildman–Crippen LogP) is -0.207. The second kappa shape index (κ2) is 13.6. The Morgan fingerprint density at radius 2 is 1.81 bits per heavy atom. The van der Waals surface area contributed by atoms with Crippen LogP contribution in [0.25, 0.3) is 10.9 Å². The van der Waals surface area contributed by atoms with Crippen molar-refractivity contribution in [1.82, 2.24) is 10.3 Å². The van der Waals surface area contributed by atoms with Gasteiger partial charge in [-0.25, -0.2) is 9.59 Å². The number of carbonyl (C=O) groups is 3. The Hall–Kier alpha value is -2.80. The predicted molar refractivity (Wildman–Crippen MR) is 120 cm³/mol. The fourth-order valence-corrected chi connectivity index (χ4v) is 3.08. The lowest BCUT2D eigenvalue weighted by Gasteiger charge is -2.11. The molecular formula is C20H29N3O8S. The summed E-state index contributed by atoms with van der Waals surface area (Å²) in [7, 11) is 1.66. The van der Waals surface area contributed by atoms with Gasteiger partial charge < -0.3 is 41.2 Å². The number of aliphatic carboxylic acids is 2. The van der Waals surface area contributed by atoms with E-state index in [0.717, 1.165) is 34.4 Å². The number of nitrogens with one attached hydrogen (secondary N) is 2. The zero-order valence-corrected chi connectivity index (χ0v) is 18.6. The van der Waals surface area contributed by atoms with Crippen LogP contribution in [-0.2, 0) is 20.8 Å². The molecule has 0 spiro atoms. The fraction of sp³-hybridized carbons (Fsp3) is 0.450. The zero-order valence-electron chi connectivity index (χ0n) is 17.8. The monoisotopic (exact) mass is 471 g/mol. The standard InChI is InChI=1S/C16H23N3O2S.C4H6O6/c1-21-12-3-4-15-13(9-12)11(10-19-15)5-7-18-16(20)14(17)6-8-22-2;5-1(3(7)8)2(6)4(9)10/h3-4,9-10,14,19H,5-8,17H2,1-2H3,(H,18,20);1-2,5-6H,(H,7,8)(H,9,10)/t;1-,2-/m.1/s1. The minimum Gasteiger partial charge on any atom is -0.497 e. The lowest BCUT2D eigenvalue weighted by Crippen LogP contribution is -2.41. The smallest absolute Gasteiger partial charge is 0.335 e. The van der Waals surface area contributed by atoms with Gasteiger partial charge in [0.2, 0.25) is 5.91 Å². The van der Waals surface area contributed by atoms with Crippen molar-refractivity contribution in [2.24, 2.45) is 5.73 Å². The van der Waals surface area contributed by atoms with Crippen LogP contribution in [-0.4, -0.2) is 87.2 Å². The number of fused-ring (bicyclic) bond motifs is 1. The summed E-state index contributed by atoms with van der Waals surface area (Å²) < 4.78 is 5.26. The van der Waals surface area contributed by atoms with E-state index >= 15 is 0 Å².